The van der Waals surface area contributed by atoms with Gasteiger partial charge in [0.2, 0.25) is 0 Å². The van der Waals surface area contributed by atoms with Crippen LogP contribution in [-0.2, 0) is 0 Å². The van der Waals surface area contributed by atoms with Gasteiger partial charge in [0.25, 0.3) is 0 Å². The van der Waals surface area contributed by atoms with Gasteiger partial charge in [-0.25, -0.2) is 0 Å². The molecule has 10 heavy (non-hydrogen) atoms. The van der Waals surface area contributed by atoms with E-state index in [1.807, 2.05) is 0 Å². The molecule has 0 N–H and O–H groups in total. The molecule has 0 aliphatic carbocycles. The molecule has 54 valence electrons. The second-order valence-electron chi connectivity index (χ2n) is 1.97. The Labute approximate surface area is 104 Å². The monoisotopic (exact) mass is 486 g/mol. The van der Waals surface area contributed by atoms with Gasteiger partial charge < -0.3 is 0 Å². The van der Waals surface area contributed by atoms with Gasteiger partial charge in [0, 0.05) is 21.0 Å². The highest BCUT2D eigenvalue weighted by atomic mass is 127. The summed E-state index contributed by atoms with van der Waals surface area (Å²) in [6, 6.07) is 4.36. The third-order valence-corrected chi connectivity index (χ3v) is 8.84. The molecule has 0 aliphatic heterocycles. The van der Waals surface area contributed by atoms with E-state index in [4.69, 9.17) is 0 Å². The lowest BCUT2D eigenvalue weighted by Gasteiger charge is -2.02. The Morgan fingerprint density at radius 1 is 1.00 bits per heavy atom. The molecule has 0 bridgehead atoms. The Morgan fingerprint density at radius 2 is 1.50 bits per heavy atom. The van der Waals surface area contributed by atoms with Gasteiger partial charge in [-0.1, -0.05) is 0 Å². The third kappa shape index (κ3) is 2.06. The molecule has 0 aromatic heterocycles. The molecule has 0 radical (unpaired) electrons. The Bertz CT molecular complexity index is 232. The van der Waals surface area contributed by atoms with Crippen LogP contribution in [-0.4, -0.2) is 10.2 Å². The topological polar surface area (TPSA) is 0 Å². The van der Waals surface area contributed by atoms with Crippen molar-refractivity contribution in [3.8, 4) is 0 Å². The molecule has 1 aromatic carbocycles. The molecule has 0 saturated heterocycles. The number of halogens is 3. The smallest absolute Gasteiger partial charge is 0.0413 e. The minimum atomic E-state index is 1.16. The molecule has 0 nitrogen and oxygen atoms in total. The maximum Gasteiger partial charge on any atom is 0.0413 e. The van der Waals surface area contributed by atoms with E-state index < -0.39 is 0 Å². The number of hydrogen-bond acceptors (Lipinski definition) is 0. The Hall–Kier alpha value is 1.63. The zero-order valence-electron chi connectivity index (χ0n) is 5.29. The summed E-state index contributed by atoms with van der Waals surface area (Å²) < 4.78 is 4.23. The average Bonchev–Trinajstić information content (AvgIpc) is 1.93. The second kappa shape index (κ2) is 4.03. The van der Waals surface area contributed by atoms with E-state index in [1.54, 1.807) is 0 Å². The van der Waals surface area contributed by atoms with E-state index >= 15 is 0 Å². The summed E-state index contributed by atoms with van der Waals surface area (Å²) in [4.78, 5) is 0. The van der Waals surface area contributed by atoms with Gasteiger partial charge in [-0.3, -0.25) is 0 Å². The van der Waals surface area contributed by atoms with Crippen LogP contribution in [0.1, 0.15) is 0 Å². The van der Waals surface area contributed by atoms with Crippen LogP contribution in [0, 0.1) is 10.7 Å². The number of hydrogen-bond donors (Lipinski definition) is 0. The van der Waals surface area contributed by atoms with Crippen LogP contribution in [0.4, 0.5) is 0 Å². The van der Waals surface area contributed by atoms with Crippen molar-refractivity contribution in [3.63, 3.8) is 0 Å². The molecule has 0 spiro atoms. The molecule has 0 unspecified atom stereocenters. The highest BCUT2D eigenvalue weighted by Gasteiger charge is 2.01. The first-order valence-electron chi connectivity index (χ1n) is 2.73. The molecule has 0 amide bonds. The van der Waals surface area contributed by atoms with Crippen molar-refractivity contribution in [3.05, 3.63) is 22.8 Å². The minimum Gasteiger partial charge on any atom is -0.0479 e. The lowest BCUT2D eigenvalue weighted by atomic mass is 10.4. The maximum atomic E-state index is 2.42. The Morgan fingerprint density at radius 3 is 2.00 bits per heavy atom. The van der Waals surface area contributed by atoms with E-state index in [1.165, 1.54) is 15.9 Å². The predicted octanol–water partition coefficient (Wildman–Crippen LogP) is 1.49. The maximum absolute atomic E-state index is 2.42. The van der Waals surface area contributed by atoms with E-state index in [-0.39, 0.29) is 0 Å². The van der Waals surface area contributed by atoms with Crippen LogP contribution in [0.25, 0.3) is 0 Å². The summed E-state index contributed by atoms with van der Waals surface area (Å²) >= 11 is 7.19. The molecule has 4 heteroatoms. The zero-order chi connectivity index (χ0) is 7.72. The highest BCUT2D eigenvalue weighted by Crippen LogP contribution is 2.14. The van der Waals surface area contributed by atoms with Crippen LogP contribution < -0.4 is 5.19 Å². The molecule has 0 atom stereocenters. The van der Waals surface area contributed by atoms with Crippen molar-refractivity contribution >= 4 is 83.2 Å². The summed E-state index contributed by atoms with van der Waals surface area (Å²) in [6.45, 7) is 0. The van der Waals surface area contributed by atoms with Crippen LogP contribution in [0.15, 0.2) is 12.1 Å². The first kappa shape index (κ1) is 9.71. The van der Waals surface area contributed by atoms with Gasteiger partial charge in [-0.05, 0) is 85.1 Å². The fraction of sp³-hybridized carbons (Fsp3) is 0. The standard InChI is InChI=1S/C6H5I3Si/c7-3-1-2-4(8)6(10)5(3)9/h1-2H,10H3. The van der Waals surface area contributed by atoms with Gasteiger partial charge in [0.15, 0.2) is 0 Å². The summed E-state index contributed by atoms with van der Waals surface area (Å²) in [5.41, 5.74) is 0. The first-order chi connectivity index (χ1) is 4.63. The van der Waals surface area contributed by atoms with Crippen LogP contribution in [0.3, 0.4) is 0 Å². The second-order valence-corrected chi connectivity index (χ2v) is 6.37. The van der Waals surface area contributed by atoms with E-state index in [0.717, 1.165) is 10.2 Å². The SMILES string of the molecule is [SiH3]c1c(I)ccc(I)c1I. The molecule has 0 saturated carbocycles. The lowest BCUT2D eigenvalue weighted by molar-refractivity contribution is 1.60. The van der Waals surface area contributed by atoms with E-state index in [2.05, 4.69) is 79.9 Å². The van der Waals surface area contributed by atoms with Crippen LogP contribution in [0.5, 0.6) is 0 Å². The van der Waals surface area contributed by atoms with Crippen molar-refractivity contribution in [2.24, 2.45) is 0 Å². The number of benzene rings is 1. The summed E-state index contributed by atoms with van der Waals surface area (Å²) in [6.07, 6.45) is 0. The highest BCUT2D eigenvalue weighted by molar-refractivity contribution is 14.1. The molecule has 0 heterocycles. The Kier molecular flexibility index (Phi) is 3.92. The van der Waals surface area contributed by atoms with Gasteiger partial charge in [0.05, 0.1) is 0 Å². The molecular formula is C6H5I3Si. The van der Waals surface area contributed by atoms with Crippen molar-refractivity contribution in [1.29, 1.82) is 0 Å². The van der Waals surface area contributed by atoms with Gasteiger partial charge in [-0.2, -0.15) is 0 Å². The number of rotatable bonds is 0. The average molecular weight is 486 g/mol. The zero-order valence-corrected chi connectivity index (χ0v) is 13.8. The lowest BCUT2D eigenvalue weighted by Crippen LogP contribution is -2.12. The van der Waals surface area contributed by atoms with Gasteiger partial charge >= 0.3 is 0 Å². The largest absolute Gasteiger partial charge is 0.0479 e. The quantitative estimate of drug-likeness (QED) is 0.297. The molecule has 1 rings (SSSR count). The summed E-state index contributed by atoms with van der Waals surface area (Å²) in [5, 5.41) is 1.54. The van der Waals surface area contributed by atoms with Crippen molar-refractivity contribution in [1.82, 2.24) is 0 Å². The van der Waals surface area contributed by atoms with Crippen LogP contribution >= 0.6 is 67.8 Å². The van der Waals surface area contributed by atoms with Crippen molar-refractivity contribution in [2.45, 2.75) is 0 Å². The Balaban J connectivity index is 3.34. The third-order valence-electron chi connectivity index (χ3n) is 1.27. The van der Waals surface area contributed by atoms with Gasteiger partial charge in [-0.15, -0.1) is 0 Å². The fourth-order valence-electron chi connectivity index (χ4n) is 0.628. The predicted molar refractivity (Wildman–Crippen MR) is 74.2 cm³/mol. The summed E-state index contributed by atoms with van der Waals surface area (Å²) in [5.74, 6) is 0. The first-order valence-corrected chi connectivity index (χ1v) is 6.96. The molecule has 0 fully saturated rings. The summed E-state index contributed by atoms with van der Waals surface area (Å²) in [7, 11) is 1.16. The minimum absolute atomic E-state index is 1.16. The fourth-order valence-corrected chi connectivity index (χ4v) is 3.59. The van der Waals surface area contributed by atoms with Crippen molar-refractivity contribution < 1.29 is 0 Å². The van der Waals surface area contributed by atoms with E-state index in [0.29, 0.717) is 0 Å². The van der Waals surface area contributed by atoms with Gasteiger partial charge in [0.1, 0.15) is 0 Å². The molecular weight excluding hydrogens is 481 g/mol. The van der Waals surface area contributed by atoms with Crippen molar-refractivity contribution in [2.75, 3.05) is 0 Å². The molecule has 0 aliphatic rings. The normalized spacial score (nSPS) is 10.3. The van der Waals surface area contributed by atoms with E-state index in [9.17, 15) is 0 Å². The van der Waals surface area contributed by atoms with Crippen LogP contribution in [0.2, 0.25) is 0 Å². The molecule has 1 aromatic rings.